The average Bonchev–Trinajstić information content (AvgIpc) is 1.93. The van der Waals surface area contributed by atoms with Crippen LogP contribution >= 0.6 is 0 Å². The normalized spacial score (nSPS) is 36.9. The summed E-state index contributed by atoms with van der Waals surface area (Å²) in [5.41, 5.74) is 0.823. The monoisotopic (exact) mass is 166 g/mol. The second kappa shape index (κ2) is 2.90. The first-order valence-corrected chi connectivity index (χ1v) is 5.04. The Bertz CT molecular complexity index is 183. The molecular weight excluding hydrogens is 144 g/mol. The van der Waals surface area contributed by atoms with Gasteiger partial charge in [0.25, 0.3) is 0 Å². The number of hydrogen-bond donors (Lipinski definition) is 0. The smallest absolute Gasteiger partial charge is 0.00977 e. The van der Waals surface area contributed by atoms with Crippen LogP contribution in [-0.4, -0.2) is 0 Å². The van der Waals surface area contributed by atoms with Gasteiger partial charge < -0.3 is 0 Å². The lowest BCUT2D eigenvalue weighted by molar-refractivity contribution is 0.138. The molecule has 0 N–H and O–H groups in total. The Morgan fingerprint density at radius 1 is 1.33 bits per heavy atom. The summed E-state index contributed by atoms with van der Waals surface area (Å²) in [6, 6.07) is 0. The predicted octanol–water partition coefficient (Wildman–Crippen LogP) is 4.02. The molecule has 0 heterocycles. The summed E-state index contributed by atoms with van der Waals surface area (Å²) >= 11 is 0. The van der Waals surface area contributed by atoms with E-state index in [4.69, 9.17) is 0 Å². The van der Waals surface area contributed by atoms with Crippen molar-refractivity contribution >= 4 is 0 Å². The minimum Gasteiger partial charge on any atom is -0.0851 e. The van der Waals surface area contributed by atoms with Crippen molar-refractivity contribution < 1.29 is 0 Å². The predicted molar refractivity (Wildman–Crippen MR) is 55.1 cm³/mol. The fourth-order valence-electron chi connectivity index (χ4n) is 1.71. The maximum absolute atomic E-state index is 2.43. The fraction of sp³-hybridized carbons (Fsp3) is 0.833. The number of rotatable bonds is 0. The van der Waals surface area contributed by atoms with Crippen LogP contribution in [0.25, 0.3) is 0 Å². The summed E-state index contributed by atoms with van der Waals surface area (Å²) in [5, 5.41) is 0. The summed E-state index contributed by atoms with van der Waals surface area (Å²) in [4.78, 5) is 0. The molecule has 0 spiro atoms. The molecule has 0 radical (unpaired) electrons. The summed E-state index contributed by atoms with van der Waals surface area (Å²) < 4.78 is 0. The Balaban J connectivity index is 2.81. The van der Waals surface area contributed by atoms with Crippen molar-refractivity contribution in [2.24, 2.45) is 16.7 Å². The lowest BCUT2D eigenvalue weighted by Crippen LogP contribution is -2.33. The highest BCUT2D eigenvalue weighted by atomic mass is 14.4. The lowest BCUT2D eigenvalue weighted by Gasteiger charge is -2.42. The zero-order valence-corrected chi connectivity index (χ0v) is 9.15. The second-order valence-corrected chi connectivity index (χ2v) is 5.54. The Hall–Kier alpha value is -0.260. The van der Waals surface area contributed by atoms with E-state index in [9.17, 15) is 0 Å². The third-order valence-corrected chi connectivity index (χ3v) is 3.62. The first kappa shape index (κ1) is 9.83. The summed E-state index contributed by atoms with van der Waals surface area (Å²) in [6.45, 7) is 11.7. The van der Waals surface area contributed by atoms with Gasteiger partial charge in [0.15, 0.2) is 0 Å². The molecule has 12 heavy (non-hydrogen) atoms. The Labute approximate surface area is 77.1 Å². The minimum atomic E-state index is 0.406. The van der Waals surface area contributed by atoms with Crippen molar-refractivity contribution in [3.8, 4) is 0 Å². The van der Waals surface area contributed by atoms with Crippen molar-refractivity contribution in [1.29, 1.82) is 0 Å². The largest absolute Gasteiger partial charge is 0.0851 e. The molecule has 0 aliphatic heterocycles. The zero-order valence-electron chi connectivity index (χ0n) is 9.15. The molecular formula is C12H22. The molecule has 0 saturated heterocycles. The summed E-state index contributed by atoms with van der Waals surface area (Å²) in [7, 11) is 0. The molecule has 0 aromatic rings. The van der Waals surface area contributed by atoms with Crippen LogP contribution in [0.15, 0.2) is 12.2 Å². The molecule has 1 aliphatic rings. The third kappa shape index (κ3) is 1.73. The van der Waals surface area contributed by atoms with Crippen LogP contribution in [0.1, 0.15) is 47.5 Å². The number of hydrogen-bond acceptors (Lipinski definition) is 0. The first-order chi connectivity index (χ1) is 5.35. The molecule has 2 atom stereocenters. The van der Waals surface area contributed by atoms with E-state index < -0.39 is 0 Å². The molecule has 0 aromatic carbocycles. The quantitative estimate of drug-likeness (QED) is 0.477. The van der Waals surface area contributed by atoms with Crippen molar-refractivity contribution in [3.63, 3.8) is 0 Å². The maximum atomic E-state index is 2.43. The highest BCUT2D eigenvalue weighted by molar-refractivity contribution is 5.08. The second-order valence-electron chi connectivity index (χ2n) is 5.54. The first-order valence-electron chi connectivity index (χ1n) is 5.04. The van der Waals surface area contributed by atoms with Crippen molar-refractivity contribution in [3.05, 3.63) is 12.2 Å². The van der Waals surface area contributed by atoms with Gasteiger partial charge in [-0.15, -0.1) is 0 Å². The zero-order chi connectivity index (χ0) is 9.41. The van der Waals surface area contributed by atoms with Crippen LogP contribution in [0.2, 0.25) is 0 Å². The van der Waals surface area contributed by atoms with E-state index >= 15 is 0 Å². The van der Waals surface area contributed by atoms with Crippen LogP contribution < -0.4 is 0 Å². The average molecular weight is 166 g/mol. The highest BCUT2D eigenvalue weighted by Crippen LogP contribution is 2.46. The van der Waals surface area contributed by atoms with Gasteiger partial charge in [-0.1, -0.05) is 46.8 Å². The molecule has 2 unspecified atom stereocenters. The van der Waals surface area contributed by atoms with Gasteiger partial charge in [0.2, 0.25) is 0 Å². The van der Waals surface area contributed by atoms with Crippen LogP contribution in [0.5, 0.6) is 0 Å². The molecule has 0 saturated carbocycles. The molecule has 70 valence electrons. The molecule has 0 fully saturated rings. The topological polar surface area (TPSA) is 0 Å². The van der Waals surface area contributed by atoms with E-state index in [0.717, 1.165) is 5.92 Å². The number of allylic oxidation sites excluding steroid dienone is 2. The molecule has 0 nitrogen and oxygen atoms in total. The molecule has 1 rings (SSSR count). The standard InChI is InChI=1S/C12H22/c1-10-6-8-12(5,9-7-10)11(2,3)4/h6,8,10H,7,9H2,1-5H3. The van der Waals surface area contributed by atoms with Gasteiger partial charge in [-0.05, 0) is 29.6 Å². The fourth-order valence-corrected chi connectivity index (χ4v) is 1.71. The van der Waals surface area contributed by atoms with Gasteiger partial charge in [-0.3, -0.25) is 0 Å². The van der Waals surface area contributed by atoms with E-state index in [1.807, 2.05) is 0 Å². The van der Waals surface area contributed by atoms with E-state index in [1.165, 1.54) is 12.8 Å². The Morgan fingerprint density at radius 3 is 2.25 bits per heavy atom. The van der Waals surface area contributed by atoms with Gasteiger partial charge in [-0.2, -0.15) is 0 Å². The summed E-state index contributed by atoms with van der Waals surface area (Å²) in [6.07, 6.45) is 7.51. The maximum Gasteiger partial charge on any atom is -0.00977 e. The van der Waals surface area contributed by atoms with Gasteiger partial charge >= 0.3 is 0 Å². The van der Waals surface area contributed by atoms with E-state index in [0.29, 0.717) is 10.8 Å². The van der Waals surface area contributed by atoms with Crippen molar-refractivity contribution in [1.82, 2.24) is 0 Å². The third-order valence-electron chi connectivity index (χ3n) is 3.62. The SMILES string of the molecule is CC1C=CC(C)(C(C)(C)C)CC1. The Kier molecular flexibility index (Phi) is 2.38. The molecule has 0 heteroatoms. The van der Waals surface area contributed by atoms with E-state index in [2.05, 4.69) is 46.8 Å². The van der Waals surface area contributed by atoms with Gasteiger partial charge in [0, 0.05) is 0 Å². The molecule has 0 amide bonds. The molecule has 0 bridgehead atoms. The van der Waals surface area contributed by atoms with E-state index in [-0.39, 0.29) is 0 Å². The van der Waals surface area contributed by atoms with Crippen molar-refractivity contribution in [2.75, 3.05) is 0 Å². The van der Waals surface area contributed by atoms with Crippen LogP contribution in [0, 0.1) is 16.7 Å². The van der Waals surface area contributed by atoms with Crippen LogP contribution in [-0.2, 0) is 0 Å². The van der Waals surface area contributed by atoms with Gasteiger partial charge in [0.05, 0.1) is 0 Å². The van der Waals surface area contributed by atoms with Crippen LogP contribution in [0.3, 0.4) is 0 Å². The highest BCUT2D eigenvalue weighted by Gasteiger charge is 2.36. The Morgan fingerprint density at radius 2 is 1.92 bits per heavy atom. The van der Waals surface area contributed by atoms with Crippen LogP contribution in [0.4, 0.5) is 0 Å². The lowest BCUT2D eigenvalue weighted by atomic mass is 9.62. The minimum absolute atomic E-state index is 0.406. The molecule has 1 aliphatic carbocycles. The molecule has 0 aromatic heterocycles. The van der Waals surface area contributed by atoms with Crippen molar-refractivity contribution in [2.45, 2.75) is 47.5 Å². The van der Waals surface area contributed by atoms with E-state index in [1.54, 1.807) is 0 Å². The van der Waals surface area contributed by atoms with Gasteiger partial charge in [0.1, 0.15) is 0 Å². The summed E-state index contributed by atoms with van der Waals surface area (Å²) in [5.74, 6) is 0.792. The van der Waals surface area contributed by atoms with Gasteiger partial charge in [-0.25, -0.2) is 0 Å².